The number of rotatable bonds is 6. The Morgan fingerprint density at radius 1 is 1.28 bits per heavy atom. The largest absolute Gasteiger partial charge is 0.488 e. The lowest BCUT2D eigenvalue weighted by Gasteiger charge is -2.27. The molecule has 0 aliphatic heterocycles. The van der Waals surface area contributed by atoms with Crippen molar-refractivity contribution in [3.63, 3.8) is 0 Å². The smallest absolute Gasteiger partial charge is 0.423 e. The normalized spacial score (nSPS) is 12.8. The van der Waals surface area contributed by atoms with Gasteiger partial charge >= 0.3 is 7.12 Å². The predicted molar refractivity (Wildman–Crippen MR) is 72.1 cm³/mol. The Morgan fingerprint density at radius 2 is 1.94 bits per heavy atom. The molecule has 1 atom stereocenters. The molecule has 3 nitrogen and oxygen atoms in total. The monoisotopic (exact) mass is 253 g/mol. The van der Waals surface area contributed by atoms with Crippen LogP contribution in [0.5, 0.6) is 0 Å². The Balaban J connectivity index is 2.89. The predicted octanol–water partition coefficient (Wildman–Crippen LogP) is 1.13. The Kier molecular flexibility index (Phi) is 5.79. The van der Waals surface area contributed by atoms with Gasteiger partial charge in [0.15, 0.2) is 0 Å². The summed E-state index contributed by atoms with van der Waals surface area (Å²) in [7, 11) is -1.63. The summed E-state index contributed by atoms with van der Waals surface area (Å²) in [6.07, 6.45) is 1.03. The van der Waals surface area contributed by atoms with Crippen LogP contribution < -0.4 is 5.46 Å². The first-order valence-electron chi connectivity index (χ1n) is 6.37. The van der Waals surface area contributed by atoms with E-state index in [1.165, 1.54) is 6.07 Å². The lowest BCUT2D eigenvalue weighted by atomic mass is 9.79. The fourth-order valence-corrected chi connectivity index (χ4v) is 1.99. The minimum atomic E-state index is -1.63. The zero-order valence-corrected chi connectivity index (χ0v) is 11.2. The molecule has 0 aliphatic rings. The molecule has 0 amide bonds. The number of hydrogen-bond donors (Lipinski definition) is 2. The third-order valence-electron chi connectivity index (χ3n) is 3.28. The van der Waals surface area contributed by atoms with Crippen molar-refractivity contribution in [2.24, 2.45) is 0 Å². The zero-order chi connectivity index (χ0) is 13.7. The molecule has 0 aromatic heterocycles. The van der Waals surface area contributed by atoms with Crippen molar-refractivity contribution in [3.8, 4) is 0 Å². The Morgan fingerprint density at radius 3 is 2.44 bits per heavy atom. The SMILES string of the molecule is CCC(C)N(CC)Cc1cc(F)cc(B(O)O)c1. The van der Waals surface area contributed by atoms with Gasteiger partial charge in [-0.25, -0.2) is 4.39 Å². The van der Waals surface area contributed by atoms with Crippen molar-refractivity contribution in [1.82, 2.24) is 4.90 Å². The van der Waals surface area contributed by atoms with Gasteiger partial charge < -0.3 is 10.0 Å². The number of nitrogens with zero attached hydrogens (tertiary/aromatic N) is 1. The molecule has 0 radical (unpaired) electrons. The van der Waals surface area contributed by atoms with E-state index >= 15 is 0 Å². The average molecular weight is 253 g/mol. The minimum Gasteiger partial charge on any atom is -0.423 e. The highest BCUT2D eigenvalue weighted by Crippen LogP contribution is 2.11. The fraction of sp³-hybridized carbons (Fsp3) is 0.538. The fourth-order valence-electron chi connectivity index (χ4n) is 1.99. The van der Waals surface area contributed by atoms with Gasteiger partial charge in [0.05, 0.1) is 0 Å². The molecule has 1 unspecified atom stereocenters. The molecule has 100 valence electrons. The Bertz CT molecular complexity index is 387. The van der Waals surface area contributed by atoms with E-state index in [2.05, 4.69) is 25.7 Å². The van der Waals surface area contributed by atoms with Crippen LogP contribution in [0.3, 0.4) is 0 Å². The van der Waals surface area contributed by atoms with Crippen LogP contribution in [0, 0.1) is 5.82 Å². The van der Waals surface area contributed by atoms with Gasteiger partial charge in [0.1, 0.15) is 5.82 Å². The summed E-state index contributed by atoms with van der Waals surface area (Å²) in [4.78, 5) is 2.22. The quantitative estimate of drug-likeness (QED) is 0.747. The van der Waals surface area contributed by atoms with Gasteiger partial charge in [-0.1, -0.05) is 19.9 Å². The molecule has 0 saturated heterocycles. The van der Waals surface area contributed by atoms with E-state index in [0.29, 0.717) is 12.6 Å². The standard InChI is InChI=1S/C13H21BFNO2/c1-4-10(3)16(5-2)9-11-6-12(14(17)18)8-13(15)7-11/h6-8,10,17-18H,4-5,9H2,1-3H3. The van der Waals surface area contributed by atoms with Crippen molar-refractivity contribution in [3.05, 3.63) is 29.6 Å². The van der Waals surface area contributed by atoms with Crippen molar-refractivity contribution < 1.29 is 14.4 Å². The summed E-state index contributed by atoms with van der Waals surface area (Å²) in [5, 5.41) is 18.2. The number of hydrogen-bond acceptors (Lipinski definition) is 3. The number of benzene rings is 1. The van der Waals surface area contributed by atoms with Crippen molar-refractivity contribution in [2.75, 3.05) is 6.54 Å². The first kappa shape index (κ1) is 15.2. The van der Waals surface area contributed by atoms with Crippen LogP contribution in [0.4, 0.5) is 4.39 Å². The first-order valence-corrected chi connectivity index (χ1v) is 6.37. The molecule has 2 N–H and O–H groups in total. The summed E-state index contributed by atoms with van der Waals surface area (Å²) in [5.74, 6) is -0.434. The van der Waals surface area contributed by atoms with Gasteiger partial charge in [-0.15, -0.1) is 0 Å². The zero-order valence-electron chi connectivity index (χ0n) is 11.2. The molecule has 1 aromatic rings. The summed E-state index contributed by atoms with van der Waals surface area (Å²) in [6.45, 7) is 7.80. The van der Waals surface area contributed by atoms with Crippen LogP contribution in [0.25, 0.3) is 0 Å². The molecule has 18 heavy (non-hydrogen) atoms. The molecule has 0 bridgehead atoms. The number of halogens is 1. The van der Waals surface area contributed by atoms with E-state index in [4.69, 9.17) is 10.0 Å². The van der Waals surface area contributed by atoms with E-state index in [1.54, 1.807) is 6.07 Å². The van der Waals surface area contributed by atoms with Crippen LogP contribution in [-0.4, -0.2) is 34.7 Å². The van der Waals surface area contributed by atoms with Crippen molar-refractivity contribution in [2.45, 2.75) is 39.8 Å². The summed E-state index contributed by atoms with van der Waals surface area (Å²) < 4.78 is 13.4. The van der Waals surface area contributed by atoms with Crippen molar-refractivity contribution >= 4 is 12.6 Å². The molecular weight excluding hydrogens is 232 g/mol. The van der Waals surface area contributed by atoms with Crippen LogP contribution >= 0.6 is 0 Å². The highest BCUT2D eigenvalue weighted by atomic mass is 19.1. The lowest BCUT2D eigenvalue weighted by molar-refractivity contribution is 0.206. The van der Waals surface area contributed by atoms with E-state index in [0.717, 1.165) is 24.6 Å². The summed E-state index contributed by atoms with van der Waals surface area (Å²) in [5.41, 5.74) is 0.963. The van der Waals surface area contributed by atoms with E-state index in [9.17, 15) is 4.39 Å². The van der Waals surface area contributed by atoms with Gasteiger partial charge in [-0.2, -0.15) is 0 Å². The van der Waals surface area contributed by atoms with Crippen LogP contribution in [0.2, 0.25) is 0 Å². The van der Waals surface area contributed by atoms with E-state index < -0.39 is 12.9 Å². The second kappa shape index (κ2) is 6.88. The first-order chi connectivity index (χ1) is 8.47. The molecule has 0 aliphatic carbocycles. The Hall–Kier alpha value is -0.905. The molecule has 1 aromatic carbocycles. The van der Waals surface area contributed by atoms with E-state index in [1.807, 2.05) is 0 Å². The van der Waals surface area contributed by atoms with Gasteiger partial charge in [0.2, 0.25) is 0 Å². The molecule has 0 heterocycles. The molecular formula is C13H21BFNO2. The Labute approximate surface area is 108 Å². The minimum absolute atomic E-state index is 0.199. The lowest BCUT2D eigenvalue weighted by Crippen LogP contribution is -2.34. The van der Waals surface area contributed by atoms with Crippen LogP contribution in [0.1, 0.15) is 32.8 Å². The maximum Gasteiger partial charge on any atom is 0.488 e. The molecule has 1 rings (SSSR count). The molecule has 0 saturated carbocycles. The maximum absolute atomic E-state index is 13.4. The topological polar surface area (TPSA) is 43.7 Å². The second-order valence-electron chi connectivity index (χ2n) is 4.59. The molecule has 0 spiro atoms. The van der Waals surface area contributed by atoms with Gasteiger partial charge in [0, 0.05) is 12.6 Å². The molecule has 0 fully saturated rings. The highest BCUT2D eigenvalue weighted by Gasteiger charge is 2.15. The van der Waals surface area contributed by atoms with Gasteiger partial charge in [-0.3, -0.25) is 4.90 Å². The van der Waals surface area contributed by atoms with Crippen molar-refractivity contribution in [1.29, 1.82) is 0 Å². The molecule has 5 heteroatoms. The van der Waals surface area contributed by atoms with Gasteiger partial charge in [-0.05, 0) is 43.0 Å². The average Bonchev–Trinajstić information content (AvgIpc) is 2.34. The van der Waals surface area contributed by atoms with Crippen LogP contribution in [0.15, 0.2) is 18.2 Å². The highest BCUT2D eigenvalue weighted by molar-refractivity contribution is 6.58. The third kappa shape index (κ3) is 4.08. The summed E-state index contributed by atoms with van der Waals surface area (Å²) in [6, 6.07) is 4.64. The van der Waals surface area contributed by atoms with E-state index in [-0.39, 0.29) is 5.46 Å². The second-order valence-corrected chi connectivity index (χ2v) is 4.59. The van der Waals surface area contributed by atoms with Gasteiger partial charge in [0.25, 0.3) is 0 Å². The third-order valence-corrected chi connectivity index (χ3v) is 3.28. The maximum atomic E-state index is 13.4. The van der Waals surface area contributed by atoms with Crippen LogP contribution in [-0.2, 0) is 6.54 Å². The summed E-state index contributed by atoms with van der Waals surface area (Å²) >= 11 is 0.